The quantitative estimate of drug-likeness (QED) is 0.785. The van der Waals surface area contributed by atoms with Crippen LogP contribution in [0.1, 0.15) is 41.6 Å². The summed E-state index contributed by atoms with van der Waals surface area (Å²) in [6.45, 7) is 5.46. The summed E-state index contributed by atoms with van der Waals surface area (Å²) in [6, 6.07) is 9.89. The van der Waals surface area contributed by atoms with Gasteiger partial charge in [-0.1, -0.05) is 6.92 Å². The van der Waals surface area contributed by atoms with Gasteiger partial charge in [0.25, 0.3) is 5.91 Å². The summed E-state index contributed by atoms with van der Waals surface area (Å²) in [5.74, 6) is 1.89. The minimum Gasteiger partial charge on any atom is -0.464 e. The molecule has 0 radical (unpaired) electrons. The van der Waals surface area contributed by atoms with Crippen molar-refractivity contribution >= 4 is 15.9 Å². The standard InChI is InChI=1S/C20H26N2O4S/c1-15-10-12-22(13-11-15)27(24,25)19-8-5-17(6-9-19)20(23)21(3)14-18-7-4-16(2)26-18/h4-9,15H,10-14H2,1-3H3. The molecule has 27 heavy (non-hydrogen) atoms. The van der Waals surface area contributed by atoms with Crippen LogP contribution >= 0.6 is 0 Å². The molecule has 146 valence electrons. The highest BCUT2D eigenvalue weighted by atomic mass is 32.2. The molecule has 1 saturated heterocycles. The monoisotopic (exact) mass is 390 g/mol. The van der Waals surface area contributed by atoms with Gasteiger partial charge in [-0.3, -0.25) is 4.79 Å². The molecule has 7 heteroatoms. The molecular formula is C20H26N2O4S. The van der Waals surface area contributed by atoms with Crippen molar-refractivity contribution in [2.75, 3.05) is 20.1 Å². The Balaban J connectivity index is 1.69. The molecule has 0 bridgehead atoms. The highest BCUT2D eigenvalue weighted by Crippen LogP contribution is 2.24. The zero-order valence-electron chi connectivity index (χ0n) is 16.0. The fourth-order valence-corrected chi connectivity index (χ4v) is 4.71. The fraction of sp³-hybridized carbons (Fsp3) is 0.450. The van der Waals surface area contributed by atoms with Crippen molar-refractivity contribution in [1.82, 2.24) is 9.21 Å². The molecule has 3 rings (SSSR count). The van der Waals surface area contributed by atoms with E-state index in [1.807, 2.05) is 19.1 Å². The van der Waals surface area contributed by atoms with Gasteiger partial charge >= 0.3 is 0 Å². The van der Waals surface area contributed by atoms with Gasteiger partial charge in [-0.2, -0.15) is 4.31 Å². The van der Waals surface area contributed by atoms with Crippen LogP contribution < -0.4 is 0 Å². The molecule has 1 aliphatic rings. The van der Waals surface area contributed by atoms with Crippen LogP contribution in [0, 0.1) is 12.8 Å². The Kier molecular flexibility index (Phi) is 5.72. The molecule has 0 spiro atoms. The highest BCUT2D eigenvalue weighted by Gasteiger charge is 2.28. The Morgan fingerprint density at radius 1 is 1.15 bits per heavy atom. The average Bonchev–Trinajstić information content (AvgIpc) is 3.06. The van der Waals surface area contributed by atoms with Gasteiger partial charge in [0.1, 0.15) is 11.5 Å². The van der Waals surface area contributed by atoms with Gasteiger partial charge < -0.3 is 9.32 Å². The second kappa shape index (κ2) is 7.86. The fourth-order valence-electron chi connectivity index (χ4n) is 3.24. The SMILES string of the molecule is Cc1ccc(CN(C)C(=O)c2ccc(S(=O)(=O)N3CCC(C)CC3)cc2)o1. The molecule has 0 N–H and O–H groups in total. The summed E-state index contributed by atoms with van der Waals surface area (Å²) in [7, 11) is -1.81. The van der Waals surface area contributed by atoms with Crippen molar-refractivity contribution in [2.24, 2.45) is 5.92 Å². The molecule has 0 saturated carbocycles. The molecule has 2 heterocycles. The van der Waals surface area contributed by atoms with Crippen molar-refractivity contribution in [2.45, 2.75) is 38.1 Å². The second-order valence-corrected chi connectivity index (χ2v) is 9.22. The topological polar surface area (TPSA) is 70.8 Å². The van der Waals surface area contributed by atoms with E-state index in [1.165, 1.54) is 16.4 Å². The molecule has 0 unspecified atom stereocenters. The number of hydrogen-bond acceptors (Lipinski definition) is 4. The van der Waals surface area contributed by atoms with Crippen molar-refractivity contribution in [3.05, 3.63) is 53.5 Å². The molecule has 1 fully saturated rings. The first-order chi connectivity index (χ1) is 12.8. The maximum atomic E-state index is 12.8. The van der Waals surface area contributed by atoms with Crippen LogP contribution in [0.4, 0.5) is 0 Å². The normalized spacial score (nSPS) is 16.4. The Bertz CT molecular complexity index is 894. The largest absolute Gasteiger partial charge is 0.464 e. The predicted molar refractivity (Wildman–Crippen MR) is 103 cm³/mol. The van der Waals surface area contributed by atoms with E-state index in [2.05, 4.69) is 6.92 Å². The Morgan fingerprint density at radius 2 is 1.78 bits per heavy atom. The number of benzene rings is 1. The van der Waals surface area contributed by atoms with Crippen molar-refractivity contribution in [1.29, 1.82) is 0 Å². The van der Waals surface area contributed by atoms with Crippen molar-refractivity contribution < 1.29 is 17.6 Å². The Labute approximate surface area is 160 Å². The lowest BCUT2D eigenvalue weighted by molar-refractivity contribution is 0.0775. The number of carbonyl (C=O) groups excluding carboxylic acids is 1. The molecule has 6 nitrogen and oxygen atoms in total. The molecular weight excluding hydrogens is 364 g/mol. The molecule has 0 aliphatic carbocycles. The van der Waals surface area contributed by atoms with E-state index >= 15 is 0 Å². The van der Waals surface area contributed by atoms with Crippen LogP contribution in [0.2, 0.25) is 0 Å². The molecule has 1 aliphatic heterocycles. The van der Waals surface area contributed by atoms with Crippen LogP contribution in [0.3, 0.4) is 0 Å². The minimum atomic E-state index is -3.50. The van der Waals surface area contributed by atoms with Crippen LogP contribution in [0.25, 0.3) is 0 Å². The van der Waals surface area contributed by atoms with Gasteiger partial charge in [-0.05, 0) is 62.1 Å². The second-order valence-electron chi connectivity index (χ2n) is 7.28. The number of rotatable bonds is 5. The third-order valence-corrected chi connectivity index (χ3v) is 6.93. The number of aryl methyl sites for hydroxylation is 1. The smallest absolute Gasteiger partial charge is 0.254 e. The number of nitrogens with zero attached hydrogens (tertiary/aromatic N) is 2. The van der Waals surface area contributed by atoms with Gasteiger partial charge in [0, 0.05) is 25.7 Å². The number of amides is 1. The summed E-state index contributed by atoms with van der Waals surface area (Å²) >= 11 is 0. The first-order valence-corrected chi connectivity index (χ1v) is 10.6. The molecule has 2 aromatic rings. The lowest BCUT2D eigenvalue weighted by Crippen LogP contribution is -2.37. The predicted octanol–water partition coefficient (Wildman–Crippen LogP) is 3.28. The van der Waals surface area contributed by atoms with Crippen LogP contribution in [-0.2, 0) is 16.6 Å². The Morgan fingerprint density at radius 3 is 2.33 bits per heavy atom. The first kappa shape index (κ1) is 19.6. The zero-order chi connectivity index (χ0) is 19.6. The number of furan rings is 1. The Hall–Kier alpha value is -2.12. The molecule has 1 amide bonds. The highest BCUT2D eigenvalue weighted by molar-refractivity contribution is 7.89. The van der Waals surface area contributed by atoms with Crippen molar-refractivity contribution in [3.63, 3.8) is 0 Å². The number of sulfonamides is 1. The third-order valence-electron chi connectivity index (χ3n) is 5.02. The van der Waals surface area contributed by atoms with Gasteiger partial charge in [0.05, 0.1) is 11.4 Å². The summed E-state index contributed by atoms with van der Waals surface area (Å²) < 4.78 is 32.6. The molecule has 0 atom stereocenters. The van der Waals surface area contributed by atoms with E-state index in [9.17, 15) is 13.2 Å². The lowest BCUT2D eigenvalue weighted by atomic mass is 10.0. The number of hydrogen-bond donors (Lipinski definition) is 0. The third kappa shape index (κ3) is 4.42. The first-order valence-electron chi connectivity index (χ1n) is 9.18. The van der Waals surface area contributed by atoms with Crippen molar-refractivity contribution in [3.8, 4) is 0 Å². The van der Waals surface area contributed by atoms with E-state index in [4.69, 9.17) is 4.42 Å². The van der Waals surface area contributed by atoms with Gasteiger partial charge in [-0.25, -0.2) is 8.42 Å². The van der Waals surface area contributed by atoms with E-state index in [0.29, 0.717) is 36.9 Å². The average molecular weight is 391 g/mol. The van der Waals surface area contributed by atoms with Gasteiger partial charge in [-0.15, -0.1) is 0 Å². The molecule has 1 aromatic heterocycles. The maximum absolute atomic E-state index is 12.8. The van der Waals surface area contributed by atoms with Gasteiger partial charge in [0.2, 0.25) is 10.0 Å². The zero-order valence-corrected chi connectivity index (χ0v) is 16.8. The van der Waals surface area contributed by atoms with E-state index in [1.54, 1.807) is 24.1 Å². The number of carbonyl (C=O) groups is 1. The summed E-state index contributed by atoms with van der Waals surface area (Å²) in [4.78, 5) is 14.4. The van der Waals surface area contributed by atoms with Crippen LogP contribution in [0.15, 0.2) is 45.7 Å². The summed E-state index contributed by atoms with van der Waals surface area (Å²) in [6.07, 6.45) is 1.76. The summed E-state index contributed by atoms with van der Waals surface area (Å²) in [5.41, 5.74) is 0.451. The number of piperidine rings is 1. The van der Waals surface area contributed by atoms with Gasteiger partial charge in [0.15, 0.2) is 0 Å². The maximum Gasteiger partial charge on any atom is 0.254 e. The van der Waals surface area contributed by atoms with Crippen LogP contribution in [0.5, 0.6) is 0 Å². The molecule has 1 aromatic carbocycles. The van der Waals surface area contributed by atoms with E-state index < -0.39 is 10.0 Å². The summed E-state index contributed by atoms with van der Waals surface area (Å²) in [5, 5.41) is 0. The lowest BCUT2D eigenvalue weighted by Gasteiger charge is -2.29. The van der Waals surface area contributed by atoms with E-state index in [-0.39, 0.29) is 10.8 Å². The van der Waals surface area contributed by atoms with Crippen LogP contribution in [-0.4, -0.2) is 43.7 Å². The minimum absolute atomic E-state index is 0.181. The van der Waals surface area contributed by atoms with E-state index in [0.717, 1.165) is 18.6 Å².